The summed E-state index contributed by atoms with van der Waals surface area (Å²) in [5.74, 6) is 2.12. The average Bonchev–Trinajstić information content (AvgIpc) is 3.23. The lowest BCUT2D eigenvalue weighted by Gasteiger charge is -2.09. The molecule has 6 nitrogen and oxygen atoms in total. The second-order valence-corrected chi connectivity index (χ2v) is 6.65. The molecule has 1 aliphatic heterocycles. The summed E-state index contributed by atoms with van der Waals surface area (Å²) in [6.07, 6.45) is 2.39. The molecule has 29 heavy (non-hydrogen) atoms. The summed E-state index contributed by atoms with van der Waals surface area (Å²) in [5, 5.41) is 4.37. The van der Waals surface area contributed by atoms with Gasteiger partial charge in [-0.2, -0.15) is 5.10 Å². The zero-order valence-corrected chi connectivity index (χ0v) is 15.6. The Balaban J connectivity index is 1.44. The molecule has 1 aliphatic rings. The van der Waals surface area contributed by atoms with Crippen LogP contribution in [-0.4, -0.2) is 23.0 Å². The van der Waals surface area contributed by atoms with E-state index in [9.17, 15) is 0 Å². The van der Waals surface area contributed by atoms with Crippen molar-refractivity contribution >= 4 is 23.1 Å². The third-order valence-electron chi connectivity index (χ3n) is 4.64. The van der Waals surface area contributed by atoms with Crippen molar-refractivity contribution in [2.24, 2.45) is 5.10 Å². The molecule has 2 heterocycles. The molecule has 0 saturated carbocycles. The number of hydrazone groups is 1. The molecule has 0 spiro atoms. The molecule has 0 saturated heterocycles. The summed E-state index contributed by atoms with van der Waals surface area (Å²) in [4.78, 5) is 9.54. The maximum atomic E-state index is 5.41. The van der Waals surface area contributed by atoms with E-state index >= 15 is 0 Å². The number of nitrogens with one attached hydrogen (secondary N) is 1. The predicted molar refractivity (Wildman–Crippen MR) is 113 cm³/mol. The van der Waals surface area contributed by atoms with Crippen LogP contribution in [0.25, 0.3) is 11.0 Å². The lowest BCUT2D eigenvalue weighted by Crippen LogP contribution is -2.03. The van der Waals surface area contributed by atoms with Crippen molar-refractivity contribution in [3.63, 3.8) is 0 Å². The van der Waals surface area contributed by atoms with E-state index in [2.05, 4.69) is 22.7 Å². The molecule has 0 atom stereocenters. The van der Waals surface area contributed by atoms with Gasteiger partial charge in [0.2, 0.25) is 6.79 Å². The normalized spacial score (nSPS) is 12.6. The number of para-hydroxylation sites is 2. The van der Waals surface area contributed by atoms with Gasteiger partial charge in [-0.25, -0.2) is 9.97 Å². The minimum absolute atomic E-state index is 0.254. The average molecular weight is 382 g/mol. The number of fused-ring (bicyclic) bond motifs is 2. The van der Waals surface area contributed by atoms with E-state index in [1.54, 1.807) is 6.21 Å². The molecular weight excluding hydrogens is 364 g/mol. The maximum Gasteiger partial charge on any atom is 0.231 e. The molecule has 4 aromatic rings. The Hall–Kier alpha value is -3.93. The van der Waals surface area contributed by atoms with Crippen LogP contribution in [0.5, 0.6) is 11.5 Å². The first kappa shape index (κ1) is 17.2. The van der Waals surface area contributed by atoms with Crippen molar-refractivity contribution in [2.75, 3.05) is 12.2 Å². The largest absolute Gasteiger partial charge is 0.454 e. The molecule has 0 bridgehead atoms. The third kappa shape index (κ3) is 3.73. The molecule has 5 rings (SSSR count). The molecule has 0 aliphatic carbocycles. The van der Waals surface area contributed by atoms with Crippen LogP contribution < -0.4 is 14.9 Å². The quantitative estimate of drug-likeness (QED) is 0.409. The van der Waals surface area contributed by atoms with Gasteiger partial charge in [0.15, 0.2) is 17.3 Å². The van der Waals surface area contributed by atoms with Gasteiger partial charge in [0, 0.05) is 6.42 Å². The number of hydrogen-bond acceptors (Lipinski definition) is 6. The summed E-state index contributed by atoms with van der Waals surface area (Å²) in [6, 6.07) is 23.7. The highest BCUT2D eigenvalue weighted by molar-refractivity contribution is 5.82. The minimum Gasteiger partial charge on any atom is -0.454 e. The zero-order valence-electron chi connectivity index (χ0n) is 15.6. The second kappa shape index (κ2) is 7.59. The number of aromatic nitrogens is 2. The van der Waals surface area contributed by atoms with Gasteiger partial charge in [0.25, 0.3) is 0 Å². The lowest BCUT2D eigenvalue weighted by molar-refractivity contribution is 0.174. The van der Waals surface area contributed by atoms with Crippen LogP contribution in [0.4, 0.5) is 5.82 Å². The molecule has 0 amide bonds. The van der Waals surface area contributed by atoms with Gasteiger partial charge >= 0.3 is 0 Å². The predicted octanol–water partition coefficient (Wildman–Crippen LogP) is 4.40. The van der Waals surface area contributed by atoms with Crippen LogP contribution in [0, 0.1) is 0 Å². The Labute approximate surface area is 167 Å². The van der Waals surface area contributed by atoms with Gasteiger partial charge in [-0.05, 0) is 41.5 Å². The van der Waals surface area contributed by atoms with Crippen molar-refractivity contribution in [1.29, 1.82) is 0 Å². The fourth-order valence-electron chi connectivity index (χ4n) is 3.20. The molecule has 142 valence electrons. The molecular formula is C23H18N4O2. The number of rotatable bonds is 5. The Morgan fingerprint density at radius 3 is 2.48 bits per heavy atom. The number of nitrogens with zero attached hydrogens (tertiary/aromatic N) is 3. The van der Waals surface area contributed by atoms with Gasteiger partial charge in [0.05, 0.1) is 22.9 Å². The van der Waals surface area contributed by atoms with Crippen LogP contribution in [-0.2, 0) is 6.42 Å². The number of benzene rings is 3. The van der Waals surface area contributed by atoms with E-state index < -0.39 is 0 Å². The molecule has 1 aromatic heterocycles. The first-order valence-electron chi connectivity index (χ1n) is 9.33. The molecule has 6 heteroatoms. The summed E-state index contributed by atoms with van der Waals surface area (Å²) < 4.78 is 10.8. The summed E-state index contributed by atoms with van der Waals surface area (Å²) in [5.41, 5.74) is 7.67. The summed E-state index contributed by atoms with van der Waals surface area (Å²) >= 11 is 0. The first-order chi connectivity index (χ1) is 14.3. The minimum atomic E-state index is 0.254. The fourth-order valence-corrected chi connectivity index (χ4v) is 3.20. The highest BCUT2D eigenvalue weighted by Gasteiger charge is 2.13. The smallest absolute Gasteiger partial charge is 0.231 e. The van der Waals surface area contributed by atoms with Crippen LogP contribution >= 0.6 is 0 Å². The SMILES string of the molecule is C(=N\Nc1nc2ccccc2nc1Cc1ccccc1)/c1ccc2c(c1)OCO2. The van der Waals surface area contributed by atoms with Crippen LogP contribution in [0.15, 0.2) is 77.9 Å². The van der Waals surface area contributed by atoms with E-state index in [-0.39, 0.29) is 6.79 Å². The van der Waals surface area contributed by atoms with E-state index in [0.717, 1.165) is 33.8 Å². The third-order valence-corrected chi connectivity index (χ3v) is 4.64. The highest BCUT2D eigenvalue weighted by atomic mass is 16.7. The molecule has 3 aromatic carbocycles. The van der Waals surface area contributed by atoms with Gasteiger partial charge < -0.3 is 9.47 Å². The van der Waals surface area contributed by atoms with E-state index in [1.807, 2.05) is 60.7 Å². The summed E-state index contributed by atoms with van der Waals surface area (Å²) in [7, 11) is 0. The zero-order chi connectivity index (χ0) is 19.5. The van der Waals surface area contributed by atoms with Crippen LogP contribution in [0.3, 0.4) is 0 Å². The topological polar surface area (TPSA) is 68.6 Å². The van der Waals surface area contributed by atoms with Gasteiger partial charge in [-0.3, -0.25) is 5.43 Å². The molecule has 0 fully saturated rings. The Kier molecular flexibility index (Phi) is 4.50. The van der Waals surface area contributed by atoms with E-state index in [4.69, 9.17) is 19.4 Å². The Morgan fingerprint density at radius 1 is 0.862 bits per heavy atom. The fraction of sp³-hybridized carbons (Fsp3) is 0.0870. The van der Waals surface area contributed by atoms with E-state index in [0.29, 0.717) is 12.2 Å². The van der Waals surface area contributed by atoms with Gasteiger partial charge in [-0.1, -0.05) is 42.5 Å². The second-order valence-electron chi connectivity index (χ2n) is 6.65. The molecule has 0 unspecified atom stereocenters. The standard InChI is InChI=1S/C23H18N4O2/c1-2-6-16(7-3-1)12-20-23(26-19-9-5-4-8-18(19)25-20)27-24-14-17-10-11-21-22(13-17)29-15-28-21/h1-11,13-14H,12,15H2,(H,26,27)/b24-14+. The van der Waals surface area contributed by atoms with Crippen molar-refractivity contribution < 1.29 is 9.47 Å². The van der Waals surface area contributed by atoms with Crippen molar-refractivity contribution in [1.82, 2.24) is 9.97 Å². The van der Waals surface area contributed by atoms with Crippen molar-refractivity contribution in [2.45, 2.75) is 6.42 Å². The highest BCUT2D eigenvalue weighted by Crippen LogP contribution is 2.32. The Morgan fingerprint density at radius 2 is 1.62 bits per heavy atom. The number of hydrogen-bond donors (Lipinski definition) is 1. The molecule has 1 N–H and O–H groups in total. The van der Waals surface area contributed by atoms with Crippen LogP contribution in [0.1, 0.15) is 16.8 Å². The monoisotopic (exact) mass is 382 g/mol. The first-order valence-corrected chi connectivity index (χ1v) is 9.33. The number of ether oxygens (including phenoxy) is 2. The van der Waals surface area contributed by atoms with E-state index in [1.165, 1.54) is 5.56 Å². The van der Waals surface area contributed by atoms with Gasteiger partial charge in [-0.15, -0.1) is 0 Å². The lowest BCUT2D eigenvalue weighted by atomic mass is 10.1. The summed E-state index contributed by atoms with van der Waals surface area (Å²) in [6.45, 7) is 0.254. The Bertz CT molecular complexity index is 1190. The number of anilines is 1. The van der Waals surface area contributed by atoms with Crippen molar-refractivity contribution in [3.8, 4) is 11.5 Å². The maximum absolute atomic E-state index is 5.41. The molecule has 0 radical (unpaired) electrons. The van der Waals surface area contributed by atoms with Gasteiger partial charge in [0.1, 0.15) is 0 Å². The van der Waals surface area contributed by atoms with Crippen molar-refractivity contribution in [3.05, 3.63) is 89.6 Å². The van der Waals surface area contributed by atoms with Crippen LogP contribution in [0.2, 0.25) is 0 Å².